The van der Waals surface area contributed by atoms with Crippen molar-refractivity contribution >= 4 is 11.7 Å². The number of unbranched alkanes of at least 4 members (excludes halogenated alkanes) is 5. The maximum Gasteiger partial charge on any atom is 0.249 e. The average molecular weight is 273 g/mol. The molecule has 0 aliphatic rings. The first-order valence-corrected chi connectivity index (χ1v) is 7.25. The summed E-state index contributed by atoms with van der Waals surface area (Å²) >= 11 is 0. The second-order valence-corrected chi connectivity index (χ2v) is 4.59. The third kappa shape index (κ3) is 8.19. The molecule has 0 unspecified atom stereocenters. The maximum atomic E-state index is 11.5. The summed E-state index contributed by atoms with van der Waals surface area (Å²) in [5, 5.41) is 10.1. The van der Waals surface area contributed by atoms with Gasteiger partial charge in [-0.3, -0.25) is 4.79 Å². The fourth-order valence-electron chi connectivity index (χ4n) is 1.72. The van der Waals surface area contributed by atoms with Crippen molar-refractivity contribution in [2.45, 2.75) is 45.4 Å². The Labute approximate surface area is 121 Å². The molecule has 0 saturated carbocycles. The number of allylic oxidation sites excluding steroid dienone is 3. The van der Waals surface area contributed by atoms with Gasteiger partial charge >= 0.3 is 0 Å². The van der Waals surface area contributed by atoms with Crippen LogP contribution in [-0.4, -0.2) is 16.1 Å². The zero-order valence-corrected chi connectivity index (χ0v) is 12.1. The van der Waals surface area contributed by atoms with E-state index in [-0.39, 0.29) is 5.91 Å². The van der Waals surface area contributed by atoms with Crippen molar-refractivity contribution in [3.05, 3.63) is 42.6 Å². The number of nitrogens with zero attached hydrogens (tertiary/aromatic N) is 2. The lowest BCUT2D eigenvalue weighted by molar-refractivity contribution is -0.111. The van der Waals surface area contributed by atoms with Crippen LogP contribution in [0.15, 0.2) is 42.6 Å². The Kier molecular flexibility index (Phi) is 8.77. The molecule has 0 aromatic carbocycles. The van der Waals surface area contributed by atoms with Crippen LogP contribution in [0.3, 0.4) is 0 Å². The van der Waals surface area contributed by atoms with Crippen LogP contribution in [0.4, 0.5) is 5.82 Å². The van der Waals surface area contributed by atoms with E-state index < -0.39 is 0 Å². The van der Waals surface area contributed by atoms with E-state index in [1.54, 1.807) is 24.4 Å². The minimum atomic E-state index is -0.196. The Morgan fingerprint density at radius 3 is 2.85 bits per heavy atom. The third-order valence-corrected chi connectivity index (χ3v) is 2.79. The molecule has 0 spiro atoms. The van der Waals surface area contributed by atoms with Crippen molar-refractivity contribution in [1.29, 1.82) is 0 Å². The van der Waals surface area contributed by atoms with Gasteiger partial charge in [-0.15, -0.1) is 5.10 Å². The molecule has 0 fully saturated rings. The molecule has 1 heterocycles. The smallest absolute Gasteiger partial charge is 0.249 e. The van der Waals surface area contributed by atoms with Gasteiger partial charge in [0.2, 0.25) is 5.91 Å². The summed E-state index contributed by atoms with van der Waals surface area (Å²) in [5.74, 6) is 0.264. The fraction of sp³-hybridized carbons (Fsp3) is 0.438. The van der Waals surface area contributed by atoms with Crippen LogP contribution in [0.2, 0.25) is 0 Å². The second-order valence-electron chi connectivity index (χ2n) is 4.59. The first-order chi connectivity index (χ1) is 9.83. The third-order valence-electron chi connectivity index (χ3n) is 2.79. The topological polar surface area (TPSA) is 54.9 Å². The standard InChI is InChI=1S/C16H23N3O/c1-2-3-4-5-6-7-8-9-10-13-16(20)18-15-12-11-14-17-19-15/h8-14H,2-7H2,1H3,(H,18,19,20)/b9-8+,13-10+. The highest BCUT2D eigenvalue weighted by Crippen LogP contribution is 2.05. The molecule has 108 valence electrons. The predicted octanol–water partition coefficient (Wildman–Crippen LogP) is 3.89. The van der Waals surface area contributed by atoms with Gasteiger partial charge in [-0.1, -0.05) is 50.8 Å². The number of nitrogens with one attached hydrogen (secondary N) is 1. The van der Waals surface area contributed by atoms with Gasteiger partial charge in [-0.2, -0.15) is 5.10 Å². The second kappa shape index (κ2) is 10.9. The molecular weight excluding hydrogens is 250 g/mol. The number of hydrogen-bond donors (Lipinski definition) is 1. The first kappa shape index (κ1) is 16.1. The maximum absolute atomic E-state index is 11.5. The largest absolute Gasteiger partial charge is 0.306 e. The van der Waals surface area contributed by atoms with Crippen molar-refractivity contribution in [1.82, 2.24) is 10.2 Å². The first-order valence-electron chi connectivity index (χ1n) is 7.25. The van der Waals surface area contributed by atoms with Crippen LogP contribution in [0.25, 0.3) is 0 Å². The Hall–Kier alpha value is -1.97. The molecule has 1 aromatic heterocycles. The van der Waals surface area contributed by atoms with Crippen molar-refractivity contribution in [2.75, 3.05) is 5.32 Å². The zero-order valence-electron chi connectivity index (χ0n) is 12.1. The molecule has 1 amide bonds. The van der Waals surface area contributed by atoms with Gasteiger partial charge in [0, 0.05) is 12.3 Å². The highest BCUT2D eigenvalue weighted by atomic mass is 16.1. The van der Waals surface area contributed by atoms with Gasteiger partial charge in [-0.05, 0) is 25.0 Å². The minimum Gasteiger partial charge on any atom is -0.306 e. The van der Waals surface area contributed by atoms with Gasteiger partial charge < -0.3 is 5.32 Å². The number of rotatable bonds is 9. The van der Waals surface area contributed by atoms with E-state index in [1.807, 2.05) is 6.08 Å². The Morgan fingerprint density at radius 2 is 2.10 bits per heavy atom. The molecule has 0 bridgehead atoms. The highest BCUT2D eigenvalue weighted by Gasteiger charge is 1.96. The summed E-state index contributed by atoms with van der Waals surface area (Å²) in [6.07, 6.45) is 16.3. The molecule has 0 saturated heterocycles. The van der Waals surface area contributed by atoms with Crippen molar-refractivity contribution in [3.63, 3.8) is 0 Å². The molecule has 4 heteroatoms. The van der Waals surface area contributed by atoms with Crippen LogP contribution >= 0.6 is 0 Å². The molecule has 1 aromatic rings. The summed E-state index contributed by atoms with van der Waals surface area (Å²) in [4.78, 5) is 11.5. The van der Waals surface area contributed by atoms with E-state index in [0.717, 1.165) is 6.42 Å². The van der Waals surface area contributed by atoms with E-state index in [1.165, 1.54) is 38.2 Å². The Balaban J connectivity index is 2.12. The normalized spacial score (nSPS) is 11.2. The van der Waals surface area contributed by atoms with E-state index in [4.69, 9.17) is 0 Å². The summed E-state index contributed by atoms with van der Waals surface area (Å²) in [5.41, 5.74) is 0. The minimum absolute atomic E-state index is 0.196. The van der Waals surface area contributed by atoms with E-state index in [0.29, 0.717) is 5.82 Å². The number of carbonyl (C=O) groups excluding carboxylic acids is 1. The fourth-order valence-corrected chi connectivity index (χ4v) is 1.72. The van der Waals surface area contributed by atoms with Gasteiger partial charge in [-0.25, -0.2) is 0 Å². The van der Waals surface area contributed by atoms with Crippen LogP contribution < -0.4 is 5.32 Å². The summed E-state index contributed by atoms with van der Waals surface area (Å²) < 4.78 is 0. The molecule has 0 atom stereocenters. The van der Waals surface area contributed by atoms with Crippen LogP contribution in [0.1, 0.15) is 45.4 Å². The van der Waals surface area contributed by atoms with Crippen molar-refractivity contribution in [2.24, 2.45) is 0 Å². The van der Waals surface area contributed by atoms with Crippen LogP contribution in [0.5, 0.6) is 0 Å². The number of amides is 1. The molecule has 4 nitrogen and oxygen atoms in total. The van der Waals surface area contributed by atoms with E-state index in [9.17, 15) is 4.79 Å². The van der Waals surface area contributed by atoms with Gasteiger partial charge in [0.15, 0.2) is 5.82 Å². The summed E-state index contributed by atoms with van der Waals surface area (Å²) in [6, 6.07) is 3.43. The number of hydrogen-bond acceptors (Lipinski definition) is 3. The lowest BCUT2D eigenvalue weighted by atomic mass is 10.1. The SMILES string of the molecule is CCCCCCC/C=C/C=C/C(=O)Nc1cccnn1. The van der Waals surface area contributed by atoms with E-state index >= 15 is 0 Å². The van der Waals surface area contributed by atoms with Crippen LogP contribution in [-0.2, 0) is 4.79 Å². The molecule has 20 heavy (non-hydrogen) atoms. The Morgan fingerprint density at radius 1 is 1.25 bits per heavy atom. The van der Waals surface area contributed by atoms with Crippen LogP contribution in [0, 0.1) is 0 Å². The molecular formula is C16H23N3O. The lowest BCUT2D eigenvalue weighted by Gasteiger charge is -1.97. The Bertz CT molecular complexity index is 427. The quantitative estimate of drug-likeness (QED) is 0.422. The average Bonchev–Trinajstić information content (AvgIpc) is 2.46. The predicted molar refractivity (Wildman–Crippen MR) is 82.3 cm³/mol. The lowest BCUT2D eigenvalue weighted by Crippen LogP contribution is -2.09. The van der Waals surface area contributed by atoms with Gasteiger partial charge in [0.05, 0.1) is 0 Å². The van der Waals surface area contributed by atoms with Crippen molar-refractivity contribution < 1.29 is 4.79 Å². The highest BCUT2D eigenvalue weighted by molar-refractivity contribution is 5.98. The molecule has 1 rings (SSSR count). The van der Waals surface area contributed by atoms with Crippen molar-refractivity contribution in [3.8, 4) is 0 Å². The molecule has 0 aliphatic heterocycles. The number of aromatic nitrogens is 2. The van der Waals surface area contributed by atoms with E-state index in [2.05, 4.69) is 28.5 Å². The summed E-state index contributed by atoms with van der Waals surface area (Å²) in [7, 11) is 0. The number of anilines is 1. The molecule has 0 radical (unpaired) electrons. The monoisotopic (exact) mass is 273 g/mol. The molecule has 1 N–H and O–H groups in total. The van der Waals surface area contributed by atoms with Gasteiger partial charge in [0.1, 0.15) is 0 Å². The zero-order chi connectivity index (χ0) is 14.5. The van der Waals surface area contributed by atoms with Gasteiger partial charge in [0.25, 0.3) is 0 Å². The molecule has 0 aliphatic carbocycles. The number of carbonyl (C=O) groups is 1. The summed E-state index contributed by atoms with van der Waals surface area (Å²) in [6.45, 7) is 2.22.